The molecule has 1 amide bonds. The van der Waals surface area contributed by atoms with Crippen LogP contribution in [-0.2, 0) is 4.79 Å². The van der Waals surface area contributed by atoms with Crippen molar-refractivity contribution in [3.8, 4) is 5.75 Å². The molecule has 0 spiro atoms. The molecule has 1 aromatic carbocycles. The molecule has 1 aliphatic rings. The van der Waals surface area contributed by atoms with Crippen LogP contribution in [0.4, 0.5) is 11.5 Å². The number of rotatable bonds is 5. The number of benzene rings is 1. The summed E-state index contributed by atoms with van der Waals surface area (Å²) in [6.07, 6.45) is 5.43. The van der Waals surface area contributed by atoms with Gasteiger partial charge in [-0.05, 0) is 43.5 Å². The molecular weight excluding hydrogens is 290 g/mol. The summed E-state index contributed by atoms with van der Waals surface area (Å²) in [6.45, 7) is 2.10. The number of hydrogen-bond acceptors (Lipinski definition) is 4. The fourth-order valence-electron chi connectivity index (χ4n) is 2.63. The lowest BCUT2D eigenvalue weighted by Crippen LogP contribution is -2.30. The number of nitrogens with zero attached hydrogens (tertiary/aromatic N) is 2. The quantitative estimate of drug-likeness (QED) is 0.922. The monoisotopic (exact) mass is 311 g/mol. The van der Waals surface area contributed by atoms with Gasteiger partial charge in [0.1, 0.15) is 11.6 Å². The Labute approximate surface area is 136 Å². The topological polar surface area (TPSA) is 54.5 Å². The van der Waals surface area contributed by atoms with Crippen LogP contribution >= 0.6 is 0 Å². The number of pyridine rings is 1. The molecule has 5 nitrogen and oxygen atoms in total. The van der Waals surface area contributed by atoms with E-state index in [1.165, 1.54) is 19.3 Å². The number of piperidine rings is 1. The van der Waals surface area contributed by atoms with Gasteiger partial charge in [0, 0.05) is 13.1 Å². The SMILES string of the molecule is O=C(COc1ccccc1)Nc1ccc(N2CCCCC2)nc1. The lowest BCUT2D eigenvalue weighted by molar-refractivity contribution is -0.118. The normalized spacial score (nSPS) is 14.3. The average molecular weight is 311 g/mol. The molecule has 0 atom stereocenters. The first-order valence-corrected chi connectivity index (χ1v) is 8.00. The summed E-state index contributed by atoms with van der Waals surface area (Å²) in [4.78, 5) is 18.6. The highest BCUT2D eigenvalue weighted by atomic mass is 16.5. The van der Waals surface area contributed by atoms with Gasteiger partial charge in [0.2, 0.25) is 0 Å². The van der Waals surface area contributed by atoms with Crippen LogP contribution in [0.15, 0.2) is 48.7 Å². The Morgan fingerprint density at radius 1 is 1.09 bits per heavy atom. The minimum Gasteiger partial charge on any atom is -0.484 e. The van der Waals surface area contributed by atoms with Gasteiger partial charge in [0.15, 0.2) is 6.61 Å². The maximum absolute atomic E-state index is 11.9. The van der Waals surface area contributed by atoms with Crippen molar-refractivity contribution in [1.82, 2.24) is 4.98 Å². The van der Waals surface area contributed by atoms with Crippen molar-refractivity contribution in [3.05, 3.63) is 48.7 Å². The van der Waals surface area contributed by atoms with E-state index in [1.807, 2.05) is 42.5 Å². The van der Waals surface area contributed by atoms with Gasteiger partial charge in [-0.3, -0.25) is 4.79 Å². The van der Waals surface area contributed by atoms with Gasteiger partial charge in [-0.15, -0.1) is 0 Å². The molecule has 0 radical (unpaired) electrons. The summed E-state index contributed by atoms with van der Waals surface area (Å²) in [7, 11) is 0. The summed E-state index contributed by atoms with van der Waals surface area (Å²) < 4.78 is 5.42. The van der Waals surface area contributed by atoms with Crippen molar-refractivity contribution in [1.29, 1.82) is 0 Å². The lowest BCUT2D eigenvalue weighted by atomic mass is 10.1. The van der Waals surface area contributed by atoms with Gasteiger partial charge in [-0.25, -0.2) is 4.98 Å². The van der Waals surface area contributed by atoms with E-state index in [1.54, 1.807) is 6.20 Å². The standard InChI is InChI=1S/C18H21N3O2/c22-18(14-23-16-7-3-1-4-8-16)20-15-9-10-17(19-13-15)21-11-5-2-6-12-21/h1,3-4,7-10,13H,2,5-6,11-12,14H2,(H,20,22). The number of amides is 1. The van der Waals surface area contributed by atoms with Gasteiger partial charge in [-0.1, -0.05) is 18.2 Å². The van der Waals surface area contributed by atoms with Crippen molar-refractivity contribution in [3.63, 3.8) is 0 Å². The number of carbonyl (C=O) groups is 1. The Bertz CT molecular complexity index is 622. The first-order valence-electron chi connectivity index (χ1n) is 8.00. The molecule has 1 aliphatic heterocycles. The van der Waals surface area contributed by atoms with E-state index in [0.717, 1.165) is 18.9 Å². The molecule has 1 fully saturated rings. The Kier molecular flexibility index (Phi) is 5.09. The van der Waals surface area contributed by atoms with Crippen LogP contribution in [0.3, 0.4) is 0 Å². The fraction of sp³-hybridized carbons (Fsp3) is 0.333. The first-order chi connectivity index (χ1) is 11.3. The van der Waals surface area contributed by atoms with Crippen molar-refractivity contribution in [2.75, 3.05) is 29.9 Å². The van der Waals surface area contributed by atoms with Crippen LogP contribution in [0.25, 0.3) is 0 Å². The minimum absolute atomic E-state index is 0.0160. The van der Waals surface area contributed by atoms with Crippen molar-refractivity contribution < 1.29 is 9.53 Å². The van der Waals surface area contributed by atoms with Gasteiger partial charge in [-0.2, -0.15) is 0 Å². The number of aromatic nitrogens is 1. The van der Waals surface area contributed by atoms with E-state index in [-0.39, 0.29) is 12.5 Å². The van der Waals surface area contributed by atoms with Gasteiger partial charge in [0.05, 0.1) is 11.9 Å². The summed E-state index contributed by atoms with van der Waals surface area (Å²) in [5.74, 6) is 1.46. The second kappa shape index (κ2) is 7.63. The zero-order chi connectivity index (χ0) is 15.9. The van der Waals surface area contributed by atoms with E-state index in [2.05, 4.69) is 15.2 Å². The Morgan fingerprint density at radius 2 is 1.87 bits per heavy atom. The molecule has 2 heterocycles. The van der Waals surface area contributed by atoms with Gasteiger partial charge in [0.25, 0.3) is 5.91 Å². The maximum atomic E-state index is 11.9. The largest absolute Gasteiger partial charge is 0.484 e. The van der Waals surface area contributed by atoms with Crippen LogP contribution in [0.1, 0.15) is 19.3 Å². The van der Waals surface area contributed by atoms with Gasteiger partial charge >= 0.3 is 0 Å². The zero-order valence-corrected chi connectivity index (χ0v) is 13.1. The highest BCUT2D eigenvalue weighted by Crippen LogP contribution is 2.19. The average Bonchev–Trinajstić information content (AvgIpc) is 2.62. The molecule has 0 aliphatic carbocycles. The molecule has 0 bridgehead atoms. The molecule has 120 valence electrons. The molecule has 1 N–H and O–H groups in total. The molecule has 0 unspecified atom stereocenters. The first kappa shape index (κ1) is 15.3. The second-order valence-corrected chi connectivity index (χ2v) is 5.60. The molecule has 1 aromatic heterocycles. The minimum atomic E-state index is -0.193. The van der Waals surface area contributed by atoms with E-state index in [0.29, 0.717) is 11.4 Å². The molecule has 23 heavy (non-hydrogen) atoms. The Morgan fingerprint density at radius 3 is 2.57 bits per heavy atom. The van der Waals surface area contributed by atoms with E-state index in [4.69, 9.17) is 4.74 Å². The molecule has 1 saturated heterocycles. The highest BCUT2D eigenvalue weighted by Gasteiger charge is 2.12. The van der Waals surface area contributed by atoms with Crippen molar-refractivity contribution >= 4 is 17.4 Å². The van der Waals surface area contributed by atoms with Crippen LogP contribution < -0.4 is 15.0 Å². The molecule has 2 aromatic rings. The predicted molar refractivity (Wildman–Crippen MR) is 90.9 cm³/mol. The van der Waals surface area contributed by atoms with Crippen molar-refractivity contribution in [2.45, 2.75) is 19.3 Å². The summed E-state index contributed by atoms with van der Waals surface area (Å²) in [5, 5.41) is 2.80. The van der Waals surface area contributed by atoms with E-state index in [9.17, 15) is 4.79 Å². The van der Waals surface area contributed by atoms with E-state index < -0.39 is 0 Å². The smallest absolute Gasteiger partial charge is 0.262 e. The number of nitrogens with one attached hydrogen (secondary N) is 1. The number of anilines is 2. The maximum Gasteiger partial charge on any atom is 0.262 e. The van der Waals surface area contributed by atoms with Crippen LogP contribution in [-0.4, -0.2) is 30.6 Å². The zero-order valence-electron chi connectivity index (χ0n) is 13.1. The van der Waals surface area contributed by atoms with Crippen LogP contribution in [0.5, 0.6) is 5.75 Å². The van der Waals surface area contributed by atoms with Crippen molar-refractivity contribution in [2.24, 2.45) is 0 Å². The summed E-state index contributed by atoms with van der Waals surface area (Å²) in [5.41, 5.74) is 0.687. The van der Waals surface area contributed by atoms with E-state index >= 15 is 0 Å². The third-order valence-corrected chi connectivity index (χ3v) is 3.82. The number of ether oxygens (including phenoxy) is 1. The number of hydrogen-bond donors (Lipinski definition) is 1. The third kappa shape index (κ3) is 4.45. The summed E-state index contributed by atoms with van der Waals surface area (Å²) >= 11 is 0. The molecule has 5 heteroatoms. The summed E-state index contributed by atoms with van der Waals surface area (Å²) in [6, 6.07) is 13.1. The lowest BCUT2D eigenvalue weighted by Gasteiger charge is -2.27. The predicted octanol–water partition coefficient (Wildman–Crippen LogP) is 3.09. The third-order valence-electron chi connectivity index (χ3n) is 3.82. The van der Waals surface area contributed by atoms with Crippen LogP contribution in [0.2, 0.25) is 0 Å². The number of para-hydroxylation sites is 1. The molecular formula is C18H21N3O2. The molecule has 3 rings (SSSR count). The fourth-order valence-corrected chi connectivity index (χ4v) is 2.63. The number of carbonyl (C=O) groups excluding carboxylic acids is 1. The Balaban J connectivity index is 1.50. The molecule has 0 saturated carbocycles. The second-order valence-electron chi connectivity index (χ2n) is 5.60. The van der Waals surface area contributed by atoms with Crippen LogP contribution in [0, 0.1) is 0 Å². The highest BCUT2D eigenvalue weighted by molar-refractivity contribution is 5.91. The Hall–Kier alpha value is -2.56. The van der Waals surface area contributed by atoms with Gasteiger partial charge < -0.3 is 15.0 Å².